The number of aromatic nitrogens is 3. The maximum Gasteiger partial charge on any atom is 0.280 e. The van der Waals surface area contributed by atoms with Crippen LogP contribution in [-0.2, 0) is 16.8 Å². The molecule has 0 amide bonds. The predicted octanol–water partition coefficient (Wildman–Crippen LogP) is 0.679. The molecular weight excluding hydrogens is 266 g/mol. The highest BCUT2D eigenvalue weighted by atomic mass is 32.2. The van der Waals surface area contributed by atoms with Crippen molar-refractivity contribution in [2.24, 2.45) is 0 Å². The molecule has 8 heteroatoms. The van der Waals surface area contributed by atoms with Gasteiger partial charge < -0.3 is 0 Å². The molecule has 1 aliphatic rings. The molecule has 0 spiro atoms. The zero-order valence-electron chi connectivity index (χ0n) is 11.4. The Morgan fingerprint density at radius 2 is 2.11 bits per heavy atom. The van der Waals surface area contributed by atoms with E-state index in [-0.39, 0.29) is 6.04 Å². The summed E-state index contributed by atoms with van der Waals surface area (Å²) in [5.74, 6) is 0.657. The van der Waals surface area contributed by atoms with Gasteiger partial charge in [0.2, 0.25) is 0 Å². The minimum atomic E-state index is -3.41. The largest absolute Gasteiger partial charge is 0.280 e. The topological polar surface area (TPSA) is 80.1 Å². The second-order valence-electron chi connectivity index (χ2n) is 4.79. The lowest BCUT2D eigenvalue weighted by Gasteiger charge is -2.20. The van der Waals surface area contributed by atoms with Gasteiger partial charge in [0.25, 0.3) is 10.2 Å². The van der Waals surface area contributed by atoms with Crippen LogP contribution in [0.3, 0.4) is 0 Å². The van der Waals surface area contributed by atoms with Crippen LogP contribution < -0.4 is 4.72 Å². The van der Waals surface area contributed by atoms with Crippen LogP contribution in [-0.4, -0.2) is 40.6 Å². The molecule has 1 N–H and O–H groups in total. The number of nitrogens with one attached hydrogen (secondary N) is 1. The van der Waals surface area contributed by atoms with Crippen molar-refractivity contribution in [3.8, 4) is 0 Å². The van der Waals surface area contributed by atoms with Crippen LogP contribution in [0.4, 0.5) is 0 Å². The third-order valence-electron chi connectivity index (χ3n) is 3.20. The molecule has 0 unspecified atom stereocenters. The summed E-state index contributed by atoms with van der Waals surface area (Å²) in [5, 5.41) is 4.11. The lowest BCUT2D eigenvalue weighted by atomic mass is 10.3. The van der Waals surface area contributed by atoms with Gasteiger partial charge >= 0.3 is 0 Å². The first-order valence-corrected chi connectivity index (χ1v) is 8.13. The molecule has 19 heavy (non-hydrogen) atoms. The predicted molar refractivity (Wildman–Crippen MR) is 71.6 cm³/mol. The van der Waals surface area contributed by atoms with E-state index in [9.17, 15) is 8.42 Å². The molecule has 1 atom stereocenters. The molecule has 2 heterocycles. The minimum Gasteiger partial charge on any atom is -0.249 e. The lowest BCUT2D eigenvalue weighted by Crippen LogP contribution is -2.40. The summed E-state index contributed by atoms with van der Waals surface area (Å²) >= 11 is 0. The molecule has 0 aromatic carbocycles. The molecule has 1 saturated heterocycles. The van der Waals surface area contributed by atoms with Crippen LogP contribution in [0.2, 0.25) is 0 Å². The molecule has 7 nitrogen and oxygen atoms in total. The van der Waals surface area contributed by atoms with Crippen molar-refractivity contribution >= 4 is 10.2 Å². The van der Waals surface area contributed by atoms with Gasteiger partial charge in [-0.2, -0.15) is 22.5 Å². The number of rotatable bonds is 6. The summed E-state index contributed by atoms with van der Waals surface area (Å²) in [6.07, 6.45) is 4.26. The van der Waals surface area contributed by atoms with Gasteiger partial charge in [-0.05, 0) is 26.2 Å². The Kier molecular flexibility index (Phi) is 4.54. The quantitative estimate of drug-likeness (QED) is 0.834. The molecule has 1 fully saturated rings. The highest BCUT2D eigenvalue weighted by Crippen LogP contribution is 2.16. The first-order valence-electron chi connectivity index (χ1n) is 6.69. The molecule has 0 saturated carbocycles. The van der Waals surface area contributed by atoms with E-state index in [4.69, 9.17) is 0 Å². The lowest BCUT2D eigenvalue weighted by molar-refractivity contribution is 0.448. The van der Waals surface area contributed by atoms with E-state index < -0.39 is 10.2 Å². The first kappa shape index (κ1) is 14.4. The fourth-order valence-corrected chi connectivity index (χ4v) is 3.71. The second-order valence-corrected chi connectivity index (χ2v) is 6.49. The summed E-state index contributed by atoms with van der Waals surface area (Å²) in [6, 6.07) is -0.375. The number of nitrogens with zero attached hydrogens (tertiary/aromatic N) is 4. The average Bonchev–Trinajstić information content (AvgIpc) is 2.99. The van der Waals surface area contributed by atoms with Gasteiger partial charge in [0.15, 0.2) is 0 Å². The van der Waals surface area contributed by atoms with Gasteiger partial charge in [0.1, 0.15) is 12.2 Å². The summed E-state index contributed by atoms with van der Waals surface area (Å²) in [4.78, 5) is 4.15. The van der Waals surface area contributed by atoms with Crippen LogP contribution in [0, 0.1) is 0 Å². The number of aryl methyl sites for hydroxylation is 1. The maximum atomic E-state index is 12.2. The third kappa shape index (κ3) is 3.31. The van der Waals surface area contributed by atoms with E-state index in [0.717, 1.165) is 25.8 Å². The van der Waals surface area contributed by atoms with Crippen molar-refractivity contribution in [2.75, 3.05) is 13.1 Å². The highest BCUT2D eigenvalue weighted by molar-refractivity contribution is 7.87. The molecule has 108 valence electrons. The Labute approximate surface area is 114 Å². The molecule has 0 radical (unpaired) electrons. The van der Waals surface area contributed by atoms with E-state index in [1.807, 2.05) is 6.92 Å². The molecule has 1 aliphatic heterocycles. The molecule has 1 aromatic heterocycles. The van der Waals surface area contributed by atoms with E-state index in [1.165, 1.54) is 10.6 Å². The van der Waals surface area contributed by atoms with Crippen LogP contribution >= 0.6 is 0 Å². The second kappa shape index (κ2) is 5.98. The van der Waals surface area contributed by atoms with Gasteiger partial charge in [-0.25, -0.2) is 9.67 Å². The normalized spacial score (nSPS) is 18.8. The fraction of sp³-hybridized carbons (Fsp3) is 0.818. The van der Waals surface area contributed by atoms with Gasteiger partial charge in [-0.1, -0.05) is 6.92 Å². The highest BCUT2D eigenvalue weighted by Gasteiger charge is 2.28. The van der Waals surface area contributed by atoms with Crippen molar-refractivity contribution in [1.29, 1.82) is 0 Å². The standard InChI is InChI=1S/C11H21N5O2S/c1-3-6-16-11(12-9-13-16)10(2)14-19(17,18)15-7-4-5-8-15/h9-10,14H,3-8H2,1-2H3/t10-/m0/s1. The zero-order valence-corrected chi connectivity index (χ0v) is 12.2. The van der Waals surface area contributed by atoms with Crippen LogP contribution in [0.5, 0.6) is 0 Å². The Hall–Kier alpha value is -0.990. The summed E-state index contributed by atoms with van der Waals surface area (Å²) in [5.41, 5.74) is 0. The monoisotopic (exact) mass is 287 g/mol. The third-order valence-corrected chi connectivity index (χ3v) is 4.90. The molecule has 0 aliphatic carbocycles. The van der Waals surface area contributed by atoms with Gasteiger partial charge in [-0.15, -0.1) is 0 Å². The number of hydrogen-bond donors (Lipinski definition) is 1. The molecular formula is C11H21N5O2S. The minimum absolute atomic E-state index is 0.375. The number of hydrogen-bond acceptors (Lipinski definition) is 4. The Balaban J connectivity index is 2.07. The first-order chi connectivity index (χ1) is 9.04. The van der Waals surface area contributed by atoms with Crippen LogP contribution in [0.1, 0.15) is 45.0 Å². The smallest absolute Gasteiger partial charge is 0.249 e. The Bertz CT molecular complexity index is 507. The molecule has 0 bridgehead atoms. The van der Waals surface area contributed by atoms with Gasteiger partial charge in [0, 0.05) is 19.6 Å². The summed E-state index contributed by atoms with van der Waals surface area (Å²) in [7, 11) is -3.41. The Morgan fingerprint density at radius 3 is 2.74 bits per heavy atom. The van der Waals surface area contributed by atoms with E-state index in [1.54, 1.807) is 11.6 Å². The van der Waals surface area contributed by atoms with E-state index in [0.29, 0.717) is 18.9 Å². The summed E-state index contributed by atoms with van der Waals surface area (Å²) < 4.78 is 30.2. The van der Waals surface area contributed by atoms with Crippen molar-refractivity contribution in [3.05, 3.63) is 12.2 Å². The van der Waals surface area contributed by atoms with Gasteiger partial charge in [0.05, 0.1) is 6.04 Å². The summed E-state index contributed by atoms with van der Waals surface area (Å²) in [6.45, 7) is 5.78. The molecule has 2 rings (SSSR count). The maximum absolute atomic E-state index is 12.2. The van der Waals surface area contributed by atoms with Crippen LogP contribution in [0.15, 0.2) is 6.33 Å². The van der Waals surface area contributed by atoms with Crippen molar-refractivity contribution < 1.29 is 8.42 Å². The van der Waals surface area contributed by atoms with Crippen molar-refractivity contribution in [1.82, 2.24) is 23.8 Å². The van der Waals surface area contributed by atoms with Crippen molar-refractivity contribution in [2.45, 2.75) is 45.7 Å². The SMILES string of the molecule is CCCn1ncnc1[C@H](C)NS(=O)(=O)N1CCCC1. The van der Waals surface area contributed by atoms with E-state index >= 15 is 0 Å². The Morgan fingerprint density at radius 1 is 1.42 bits per heavy atom. The van der Waals surface area contributed by atoms with Gasteiger partial charge in [-0.3, -0.25) is 0 Å². The zero-order chi connectivity index (χ0) is 13.9. The van der Waals surface area contributed by atoms with Crippen molar-refractivity contribution in [3.63, 3.8) is 0 Å². The fourth-order valence-electron chi connectivity index (χ4n) is 2.27. The molecule has 1 aromatic rings. The van der Waals surface area contributed by atoms with Crippen LogP contribution in [0.25, 0.3) is 0 Å². The average molecular weight is 287 g/mol. The van der Waals surface area contributed by atoms with E-state index in [2.05, 4.69) is 14.8 Å².